The van der Waals surface area contributed by atoms with Crippen LogP contribution in [0.25, 0.3) is 10.9 Å². The van der Waals surface area contributed by atoms with E-state index >= 15 is 0 Å². The van der Waals surface area contributed by atoms with Crippen molar-refractivity contribution in [3.63, 3.8) is 0 Å². The third-order valence-electron chi connectivity index (χ3n) is 4.20. The number of amides is 2. The number of pyridine rings is 1. The molecule has 0 spiro atoms. The van der Waals surface area contributed by atoms with Crippen molar-refractivity contribution >= 4 is 40.0 Å². The highest BCUT2D eigenvalue weighted by atomic mass is 19.1. The Morgan fingerprint density at radius 1 is 1.17 bits per heavy atom. The van der Waals surface area contributed by atoms with Gasteiger partial charge in [0, 0.05) is 17.3 Å². The number of hydrogen-bond acceptors (Lipinski definition) is 7. The van der Waals surface area contributed by atoms with Crippen molar-refractivity contribution in [2.45, 2.75) is 19.9 Å². The molecular formula is C19H20FN7O2. The van der Waals surface area contributed by atoms with Crippen LogP contribution >= 0.6 is 0 Å². The fraction of sp³-hybridized carbons (Fsp3) is 0.211. The second kappa shape index (κ2) is 8.05. The molecule has 29 heavy (non-hydrogen) atoms. The minimum atomic E-state index is -0.815. The summed E-state index contributed by atoms with van der Waals surface area (Å²) in [6.07, 6.45) is 2.77. The van der Waals surface area contributed by atoms with E-state index in [4.69, 9.17) is 11.5 Å². The van der Waals surface area contributed by atoms with Gasteiger partial charge in [-0.15, -0.1) is 0 Å². The van der Waals surface area contributed by atoms with Crippen LogP contribution in [0.2, 0.25) is 0 Å². The smallest absolute Gasteiger partial charge is 0.271 e. The van der Waals surface area contributed by atoms with Gasteiger partial charge in [-0.25, -0.2) is 14.4 Å². The Bertz CT molecular complexity index is 1090. The largest absolute Gasteiger partial charge is 0.368 e. The number of carbonyl (C=O) groups excluding carboxylic acids is 2. The molecular weight excluding hydrogens is 377 g/mol. The number of anilines is 3. The Morgan fingerprint density at radius 2 is 1.93 bits per heavy atom. The average Bonchev–Trinajstić information content (AvgIpc) is 2.65. The maximum absolute atomic E-state index is 14.3. The van der Waals surface area contributed by atoms with E-state index in [-0.39, 0.29) is 28.8 Å². The molecule has 0 unspecified atom stereocenters. The van der Waals surface area contributed by atoms with Crippen LogP contribution in [-0.2, 0) is 4.79 Å². The third-order valence-corrected chi connectivity index (χ3v) is 4.20. The lowest BCUT2D eigenvalue weighted by Gasteiger charge is -2.20. The summed E-state index contributed by atoms with van der Waals surface area (Å²) in [6, 6.07) is 5.57. The quantitative estimate of drug-likeness (QED) is 0.476. The number of carbonyl (C=O) groups is 2. The summed E-state index contributed by atoms with van der Waals surface area (Å²) in [4.78, 5) is 35.7. The van der Waals surface area contributed by atoms with Gasteiger partial charge >= 0.3 is 0 Å². The first kappa shape index (κ1) is 19.9. The molecule has 9 nitrogen and oxygen atoms in total. The molecule has 10 heteroatoms. The fourth-order valence-electron chi connectivity index (χ4n) is 2.81. The van der Waals surface area contributed by atoms with Gasteiger partial charge in [-0.3, -0.25) is 14.6 Å². The lowest BCUT2D eigenvalue weighted by atomic mass is 10.0. The van der Waals surface area contributed by atoms with Gasteiger partial charge in [0.2, 0.25) is 5.91 Å². The molecule has 0 aliphatic heterocycles. The first-order chi connectivity index (χ1) is 13.8. The molecule has 0 aliphatic rings. The first-order valence-corrected chi connectivity index (χ1v) is 8.80. The number of nitrogens with one attached hydrogen (secondary N) is 2. The summed E-state index contributed by atoms with van der Waals surface area (Å²) in [5.74, 6) is -1.80. The number of aromatic nitrogens is 3. The Balaban J connectivity index is 1.99. The van der Waals surface area contributed by atoms with Gasteiger partial charge in [-0.05, 0) is 24.1 Å². The van der Waals surface area contributed by atoms with Gasteiger partial charge in [0.25, 0.3) is 5.91 Å². The molecule has 0 saturated carbocycles. The Hall–Kier alpha value is -3.82. The summed E-state index contributed by atoms with van der Waals surface area (Å²) in [7, 11) is 0. The zero-order valence-electron chi connectivity index (χ0n) is 15.8. The predicted octanol–water partition coefficient (Wildman–Crippen LogP) is 1.93. The Kier molecular flexibility index (Phi) is 5.53. The molecule has 0 fully saturated rings. The lowest BCUT2D eigenvalue weighted by Crippen LogP contribution is -2.39. The van der Waals surface area contributed by atoms with Gasteiger partial charge in [0.15, 0.2) is 17.3 Å². The molecule has 0 saturated heterocycles. The van der Waals surface area contributed by atoms with Crippen molar-refractivity contribution in [2.24, 2.45) is 17.4 Å². The van der Waals surface area contributed by atoms with Crippen LogP contribution in [0.4, 0.5) is 21.7 Å². The van der Waals surface area contributed by atoms with Crippen molar-refractivity contribution in [1.82, 2.24) is 15.0 Å². The molecule has 3 aromatic rings. The van der Waals surface area contributed by atoms with E-state index in [9.17, 15) is 14.0 Å². The van der Waals surface area contributed by atoms with Crippen molar-refractivity contribution in [1.29, 1.82) is 0 Å². The maximum Gasteiger partial charge on any atom is 0.271 e. The van der Waals surface area contributed by atoms with Crippen LogP contribution in [0.15, 0.2) is 36.7 Å². The highest BCUT2D eigenvalue weighted by Gasteiger charge is 2.21. The Morgan fingerprint density at radius 3 is 2.59 bits per heavy atom. The van der Waals surface area contributed by atoms with Crippen LogP contribution in [0.5, 0.6) is 0 Å². The zero-order valence-corrected chi connectivity index (χ0v) is 15.8. The molecule has 6 N–H and O–H groups in total. The molecule has 2 heterocycles. The number of benzene rings is 1. The topological polar surface area (TPSA) is 149 Å². The minimum absolute atomic E-state index is 0.0112. The summed E-state index contributed by atoms with van der Waals surface area (Å²) >= 11 is 0. The van der Waals surface area contributed by atoms with Gasteiger partial charge < -0.3 is 22.1 Å². The molecule has 2 amide bonds. The zero-order chi connectivity index (χ0) is 21.1. The highest BCUT2D eigenvalue weighted by Crippen LogP contribution is 2.25. The van der Waals surface area contributed by atoms with E-state index in [2.05, 4.69) is 25.6 Å². The minimum Gasteiger partial charge on any atom is -0.368 e. The number of fused-ring (bicyclic) bond motifs is 1. The second-order valence-electron chi connectivity index (χ2n) is 6.74. The first-order valence-electron chi connectivity index (χ1n) is 8.80. The van der Waals surface area contributed by atoms with Gasteiger partial charge in [-0.1, -0.05) is 19.9 Å². The third kappa shape index (κ3) is 4.37. The number of rotatable bonds is 7. The van der Waals surface area contributed by atoms with Gasteiger partial charge in [0.05, 0.1) is 6.20 Å². The SMILES string of the molecule is CC(C)[C@@H](Nc1cnc(C(N)=O)c(Nc2cc(F)c3ncccc3c2)n1)C(N)=O. The van der Waals surface area contributed by atoms with E-state index in [1.165, 1.54) is 18.5 Å². The number of nitrogens with zero attached hydrogens (tertiary/aromatic N) is 3. The normalized spacial score (nSPS) is 12.0. The molecule has 2 aromatic heterocycles. The van der Waals surface area contributed by atoms with E-state index in [0.717, 1.165) is 0 Å². The van der Waals surface area contributed by atoms with Gasteiger partial charge in [0.1, 0.15) is 17.4 Å². The maximum atomic E-state index is 14.3. The van der Waals surface area contributed by atoms with E-state index in [1.807, 2.05) is 13.8 Å². The van der Waals surface area contributed by atoms with Crippen molar-refractivity contribution < 1.29 is 14.0 Å². The molecule has 150 valence electrons. The lowest BCUT2D eigenvalue weighted by molar-refractivity contribution is -0.119. The molecule has 1 aromatic carbocycles. The number of halogens is 1. The monoisotopic (exact) mass is 397 g/mol. The summed E-state index contributed by atoms with van der Waals surface area (Å²) in [5.41, 5.74) is 11.2. The van der Waals surface area contributed by atoms with Crippen LogP contribution in [-0.4, -0.2) is 32.8 Å². The molecule has 0 aliphatic carbocycles. The summed E-state index contributed by atoms with van der Waals surface area (Å²) in [5, 5.41) is 6.31. The standard InChI is InChI=1S/C19H20FN7O2/c1-9(2)14(17(21)28)26-13-8-24-16(18(22)29)19(27-13)25-11-6-10-4-3-5-23-15(10)12(20)7-11/h3-9,14H,1-2H3,(H2,21,28)(H2,22,29)(H2,25,26,27)/t14-/m1/s1. The number of nitrogens with two attached hydrogens (primary N) is 2. The van der Waals surface area contributed by atoms with Crippen molar-refractivity contribution in [2.75, 3.05) is 10.6 Å². The number of primary amides is 2. The number of hydrogen-bond donors (Lipinski definition) is 4. The molecule has 0 radical (unpaired) electrons. The molecule has 3 rings (SSSR count). The highest BCUT2D eigenvalue weighted by molar-refractivity contribution is 5.97. The van der Waals surface area contributed by atoms with E-state index < -0.39 is 23.7 Å². The second-order valence-corrected chi connectivity index (χ2v) is 6.74. The van der Waals surface area contributed by atoms with Gasteiger partial charge in [-0.2, -0.15) is 0 Å². The molecule has 1 atom stereocenters. The Labute approximate surface area is 165 Å². The van der Waals surface area contributed by atoms with Crippen LogP contribution < -0.4 is 22.1 Å². The fourth-order valence-corrected chi connectivity index (χ4v) is 2.81. The molecule has 0 bridgehead atoms. The van der Waals surface area contributed by atoms with Crippen molar-refractivity contribution in [3.8, 4) is 0 Å². The van der Waals surface area contributed by atoms with E-state index in [0.29, 0.717) is 11.1 Å². The van der Waals surface area contributed by atoms with Crippen LogP contribution in [0, 0.1) is 11.7 Å². The summed E-state index contributed by atoms with van der Waals surface area (Å²) < 4.78 is 14.3. The average molecular weight is 397 g/mol. The van der Waals surface area contributed by atoms with Crippen molar-refractivity contribution in [3.05, 3.63) is 48.2 Å². The van der Waals surface area contributed by atoms with E-state index in [1.54, 1.807) is 18.2 Å². The predicted molar refractivity (Wildman–Crippen MR) is 107 cm³/mol. The summed E-state index contributed by atoms with van der Waals surface area (Å²) in [6.45, 7) is 3.64. The van der Waals surface area contributed by atoms with Crippen LogP contribution in [0.1, 0.15) is 24.3 Å². The van der Waals surface area contributed by atoms with Crippen LogP contribution in [0.3, 0.4) is 0 Å².